The number of ether oxygens (including phenoxy) is 1. The molecule has 1 rings (SSSR count). The summed E-state index contributed by atoms with van der Waals surface area (Å²) in [6.07, 6.45) is 0.192. The van der Waals surface area contributed by atoms with Crippen molar-refractivity contribution >= 4 is 34.6 Å². The van der Waals surface area contributed by atoms with Crippen molar-refractivity contribution in [1.82, 2.24) is 15.5 Å². The van der Waals surface area contributed by atoms with Gasteiger partial charge in [0.2, 0.25) is 0 Å². The van der Waals surface area contributed by atoms with E-state index in [-0.39, 0.29) is 11.9 Å². The number of alkyl carbamates (subject to hydrolysis) is 1. The smallest absolute Gasteiger partial charge is 0.407 e. The largest absolute Gasteiger partial charge is 0.771 e. The molecule has 0 aliphatic rings. The fourth-order valence-corrected chi connectivity index (χ4v) is 3.88. The molecule has 29 heavy (non-hydrogen) atoms. The number of carbonyl (C=O) groups excluding carboxylic acids is 1. The van der Waals surface area contributed by atoms with Gasteiger partial charge in [0.25, 0.3) is 0 Å². The van der Waals surface area contributed by atoms with Crippen LogP contribution in [-0.2, 0) is 22.4 Å². The molecule has 0 spiro atoms. The Bertz CT molecular complexity index is 649. The lowest BCUT2D eigenvalue weighted by atomic mass is 10.1. The highest BCUT2D eigenvalue weighted by atomic mass is 32.2. The molecule has 166 valence electrons. The molecule has 1 heterocycles. The van der Waals surface area contributed by atoms with Gasteiger partial charge in [0.05, 0.1) is 5.88 Å². The van der Waals surface area contributed by atoms with Crippen molar-refractivity contribution in [2.24, 2.45) is 0 Å². The van der Waals surface area contributed by atoms with Crippen LogP contribution in [0.15, 0.2) is 17.5 Å². The van der Waals surface area contributed by atoms with Gasteiger partial charge in [-0.25, -0.2) is 9.59 Å². The van der Waals surface area contributed by atoms with Crippen LogP contribution in [0.2, 0.25) is 0 Å². The molecule has 3 N–H and O–H groups in total. The first-order valence-electron chi connectivity index (χ1n) is 9.32. The maximum Gasteiger partial charge on any atom is 0.407 e. The number of carboxylic acid groups (broad SMARTS) is 1. The minimum atomic E-state index is -2.25. The SMILES string of the molecule is CC(C)(C)OC(=O)N[C@@H](CCCCNC(=O)O)CN(Cc1cccs1)CS(=O)[O-]. The van der Waals surface area contributed by atoms with E-state index in [1.165, 1.54) is 11.3 Å². The van der Waals surface area contributed by atoms with E-state index in [9.17, 15) is 18.4 Å². The second-order valence-corrected chi connectivity index (χ2v) is 9.49. The number of unbranched alkanes of at least 4 members (excludes halogenated alkanes) is 1. The normalized spacial score (nSPS) is 13.7. The van der Waals surface area contributed by atoms with E-state index in [0.29, 0.717) is 38.9 Å². The average molecular weight is 449 g/mol. The maximum absolute atomic E-state index is 12.2. The topological polar surface area (TPSA) is 131 Å². The zero-order valence-electron chi connectivity index (χ0n) is 17.0. The summed E-state index contributed by atoms with van der Waals surface area (Å²) >= 11 is -0.719. The lowest BCUT2D eigenvalue weighted by molar-refractivity contribution is 0.0489. The molecule has 0 aromatic carbocycles. The third-order valence-electron chi connectivity index (χ3n) is 3.70. The van der Waals surface area contributed by atoms with E-state index in [1.807, 2.05) is 17.5 Å². The number of hydrogen-bond donors (Lipinski definition) is 3. The molecular weight excluding hydrogens is 418 g/mol. The second-order valence-electron chi connectivity index (χ2n) is 7.59. The molecule has 1 aromatic heterocycles. The van der Waals surface area contributed by atoms with Gasteiger partial charge in [-0.1, -0.05) is 6.07 Å². The summed E-state index contributed by atoms with van der Waals surface area (Å²) in [4.78, 5) is 25.5. The fourth-order valence-electron chi connectivity index (χ4n) is 2.64. The van der Waals surface area contributed by atoms with Gasteiger partial charge >= 0.3 is 12.2 Å². The molecule has 9 nitrogen and oxygen atoms in total. The van der Waals surface area contributed by atoms with Gasteiger partial charge in [-0.05, 0) is 62.6 Å². The molecule has 0 aliphatic carbocycles. The zero-order valence-corrected chi connectivity index (χ0v) is 18.6. The third kappa shape index (κ3) is 13.2. The lowest BCUT2D eigenvalue weighted by Crippen LogP contribution is -2.46. The van der Waals surface area contributed by atoms with E-state index in [2.05, 4.69) is 10.6 Å². The third-order valence-corrected chi connectivity index (χ3v) is 5.14. The van der Waals surface area contributed by atoms with Crippen LogP contribution < -0.4 is 10.6 Å². The number of nitrogens with one attached hydrogen (secondary N) is 2. The highest BCUT2D eigenvalue weighted by molar-refractivity contribution is 7.79. The van der Waals surface area contributed by atoms with Crippen LogP contribution >= 0.6 is 11.3 Å². The van der Waals surface area contributed by atoms with E-state index >= 15 is 0 Å². The van der Waals surface area contributed by atoms with Crippen molar-refractivity contribution in [2.75, 3.05) is 19.0 Å². The molecule has 0 saturated heterocycles. The van der Waals surface area contributed by atoms with Crippen LogP contribution in [0, 0.1) is 0 Å². The summed E-state index contributed by atoms with van der Waals surface area (Å²) in [5, 5.41) is 15.7. The summed E-state index contributed by atoms with van der Waals surface area (Å²) in [6.45, 7) is 6.41. The molecular formula is C18H30N3O6S2-. The van der Waals surface area contributed by atoms with Gasteiger partial charge in [-0.3, -0.25) is 9.11 Å². The van der Waals surface area contributed by atoms with Gasteiger partial charge in [-0.15, -0.1) is 11.3 Å². The molecule has 0 radical (unpaired) electrons. The Labute approximate surface area is 178 Å². The minimum absolute atomic E-state index is 0.148. The quantitative estimate of drug-likeness (QED) is 0.331. The molecule has 2 atom stereocenters. The fraction of sp³-hybridized carbons (Fsp3) is 0.667. The summed E-state index contributed by atoms with van der Waals surface area (Å²) in [5.41, 5.74) is -0.646. The van der Waals surface area contributed by atoms with Crippen LogP contribution in [0.25, 0.3) is 0 Å². The van der Waals surface area contributed by atoms with Crippen molar-refractivity contribution in [1.29, 1.82) is 0 Å². The molecule has 0 aliphatic heterocycles. The van der Waals surface area contributed by atoms with E-state index in [0.717, 1.165) is 4.88 Å². The number of rotatable bonds is 12. The Morgan fingerprint density at radius 3 is 2.66 bits per heavy atom. The van der Waals surface area contributed by atoms with Crippen LogP contribution in [-0.4, -0.2) is 61.6 Å². The summed E-state index contributed by atoms with van der Waals surface area (Å²) in [6, 6.07) is 3.50. The molecule has 1 unspecified atom stereocenters. The summed E-state index contributed by atoms with van der Waals surface area (Å²) < 4.78 is 27.9. The Hall–Kier alpha value is -1.69. The van der Waals surface area contributed by atoms with Crippen molar-refractivity contribution in [2.45, 2.75) is 58.2 Å². The number of thiophene rings is 1. The molecule has 0 saturated carbocycles. The molecule has 11 heteroatoms. The Balaban J connectivity index is 2.72. The van der Waals surface area contributed by atoms with E-state index < -0.39 is 28.9 Å². The summed E-state index contributed by atoms with van der Waals surface area (Å²) in [5.74, 6) is -0.148. The number of hydrogen-bond acceptors (Lipinski definition) is 7. The van der Waals surface area contributed by atoms with E-state index in [1.54, 1.807) is 25.7 Å². The highest BCUT2D eigenvalue weighted by Crippen LogP contribution is 2.14. The van der Waals surface area contributed by atoms with Crippen molar-refractivity contribution in [3.63, 3.8) is 0 Å². The number of carbonyl (C=O) groups is 2. The van der Waals surface area contributed by atoms with E-state index in [4.69, 9.17) is 9.84 Å². The van der Waals surface area contributed by atoms with Gasteiger partial charge in [-0.2, -0.15) is 0 Å². The van der Waals surface area contributed by atoms with Gasteiger partial charge in [0.15, 0.2) is 0 Å². The highest BCUT2D eigenvalue weighted by Gasteiger charge is 2.21. The maximum atomic E-state index is 12.2. The standard InChI is InChI=1S/C18H31N3O6S2/c1-18(2,3)27-17(24)20-14(7-4-5-9-19-16(22)23)11-21(13-29(25)26)12-15-8-6-10-28-15/h6,8,10,14,19H,4-5,7,9,11-13H2,1-3H3,(H,20,24)(H,22,23)(H,25,26)/p-1/t14-/m0/s1. The van der Waals surface area contributed by atoms with Crippen molar-refractivity contribution < 1.29 is 28.2 Å². The lowest BCUT2D eigenvalue weighted by Gasteiger charge is -2.29. The Morgan fingerprint density at radius 2 is 2.10 bits per heavy atom. The minimum Gasteiger partial charge on any atom is -0.771 e. The van der Waals surface area contributed by atoms with Crippen LogP contribution in [0.4, 0.5) is 9.59 Å². The molecule has 2 amide bonds. The predicted molar refractivity (Wildman–Crippen MR) is 112 cm³/mol. The van der Waals surface area contributed by atoms with Gasteiger partial charge in [0.1, 0.15) is 5.60 Å². The summed E-state index contributed by atoms with van der Waals surface area (Å²) in [7, 11) is 0. The van der Waals surface area contributed by atoms with Crippen LogP contribution in [0.3, 0.4) is 0 Å². The first kappa shape index (κ1) is 25.3. The van der Waals surface area contributed by atoms with Crippen molar-refractivity contribution in [3.8, 4) is 0 Å². The molecule has 0 fully saturated rings. The van der Waals surface area contributed by atoms with Gasteiger partial charge in [0, 0.05) is 30.6 Å². The first-order chi connectivity index (χ1) is 13.5. The van der Waals surface area contributed by atoms with Crippen LogP contribution in [0.1, 0.15) is 44.9 Å². The number of nitrogens with zero attached hydrogens (tertiary/aromatic N) is 1. The first-order valence-corrected chi connectivity index (χ1v) is 11.4. The average Bonchev–Trinajstić information content (AvgIpc) is 3.04. The monoisotopic (exact) mass is 448 g/mol. The Kier molecular flexibility index (Phi) is 11.2. The molecule has 0 bridgehead atoms. The van der Waals surface area contributed by atoms with Crippen molar-refractivity contribution in [3.05, 3.63) is 22.4 Å². The Morgan fingerprint density at radius 1 is 1.38 bits per heavy atom. The predicted octanol–water partition coefficient (Wildman–Crippen LogP) is 2.72. The van der Waals surface area contributed by atoms with Crippen LogP contribution in [0.5, 0.6) is 0 Å². The molecule has 1 aromatic rings. The number of amides is 2. The van der Waals surface area contributed by atoms with Gasteiger partial charge < -0.3 is 25.0 Å². The second kappa shape index (κ2) is 12.8. The zero-order chi connectivity index (χ0) is 21.9.